The van der Waals surface area contributed by atoms with E-state index in [2.05, 4.69) is 13.8 Å². The number of nitrogens with zero attached hydrogens (tertiary/aromatic N) is 4. The SMILES string of the molecule is COc1ccc(C2=NN(C(=O)Cc3ccc4nsnc4c3)CC2)cc1OC. The first-order valence-corrected chi connectivity index (χ1v) is 9.22. The zero-order chi connectivity index (χ0) is 18.8. The van der Waals surface area contributed by atoms with E-state index in [9.17, 15) is 4.79 Å². The van der Waals surface area contributed by atoms with Crippen LogP contribution in [0.25, 0.3) is 11.0 Å². The van der Waals surface area contributed by atoms with Gasteiger partial charge in [0.25, 0.3) is 0 Å². The lowest BCUT2D eigenvalue weighted by atomic mass is 10.1. The highest BCUT2D eigenvalue weighted by molar-refractivity contribution is 7.00. The van der Waals surface area contributed by atoms with Crippen LogP contribution in [0.1, 0.15) is 17.5 Å². The van der Waals surface area contributed by atoms with Crippen molar-refractivity contribution in [3.8, 4) is 11.5 Å². The van der Waals surface area contributed by atoms with E-state index in [1.165, 1.54) is 16.7 Å². The minimum absolute atomic E-state index is 0.0342. The molecule has 7 nitrogen and oxygen atoms in total. The zero-order valence-electron chi connectivity index (χ0n) is 15.0. The number of hydrogen-bond donors (Lipinski definition) is 0. The van der Waals surface area contributed by atoms with E-state index < -0.39 is 0 Å². The zero-order valence-corrected chi connectivity index (χ0v) is 15.8. The fourth-order valence-electron chi connectivity index (χ4n) is 3.06. The normalized spacial score (nSPS) is 13.7. The molecule has 0 fully saturated rings. The van der Waals surface area contributed by atoms with Crippen molar-refractivity contribution < 1.29 is 14.3 Å². The van der Waals surface area contributed by atoms with Crippen molar-refractivity contribution >= 4 is 34.4 Å². The third-order valence-corrected chi connectivity index (χ3v) is 5.04. The van der Waals surface area contributed by atoms with Gasteiger partial charge in [-0.05, 0) is 35.9 Å². The summed E-state index contributed by atoms with van der Waals surface area (Å²) in [6, 6.07) is 11.4. The average Bonchev–Trinajstić information content (AvgIpc) is 3.36. The summed E-state index contributed by atoms with van der Waals surface area (Å²) in [5.74, 6) is 1.28. The molecule has 138 valence electrons. The molecular weight excluding hydrogens is 364 g/mol. The van der Waals surface area contributed by atoms with Crippen molar-refractivity contribution in [2.45, 2.75) is 12.8 Å². The van der Waals surface area contributed by atoms with Crippen LogP contribution in [0.4, 0.5) is 0 Å². The summed E-state index contributed by atoms with van der Waals surface area (Å²) < 4.78 is 19.0. The van der Waals surface area contributed by atoms with Crippen LogP contribution in [0.15, 0.2) is 41.5 Å². The Kier molecular flexibility index (Phi) is 4.72. The van der Waals surface area contributed by atoms with Crippen LogP contribution in [-0.4, -0.2) is 46.1 Å². The molecule has 0 aliphatic carbocycles. The summed E-state index contributed by atoms with van der Waals surface area (Å²) in [7, 11) is 3.20. The fourth-order valence-corrected chi connectivity index (χ4v) is 3.58. The summed E-state index contributed by atoms with van der Waals surface area (Å²) >= 11 is 1.17. The molecule has 2 heterocycles. The minimum atomic E-state index is -0.0342. The number of fused-ring (bicyclic) bond motifs is 1. The Morgan fingerprint density at radius 2 is 1.89 bits per heavy atom. The molecule has 0 spiro atoms. The number of aromatic nitrogens is 2. The fraction of sp³-hybridized carbons (Fsp3) is 0.263. The van der Waals surface area contributed by atoms with E-state index in [0.29, 0.717) is 24.5 Å². The van der Waals surface area contributed by atoms with Crippen LogP contribution in [0, 0.1) is 0 Å². The molecule has 0 bridgehead atoms. The lowest BCUT2D eigenvalue weighted by Crippen LogP contribution is -2.25. The van der Waals surface area contributed by atoms with E-state index >= 15 is 0 Å². The molecule has 0 saturated carbocycles. The molecule has 1 amide bonds. The van der Waals surface area contributed by atoms with Crippen molar-refractivity contribution in [1.29, 1.82) is 0 Å². The molecule has 8 heteroatoms. The standard InChI is InChI=1S/C19H18N4O3S/c1-25-17-6-4-13(11-18(17)26-2)14-7-8-23(20-14)19(24)10-12-3-5-15-16(9-12)22-27-21-15/h3-6,9,11H,7-8,10H2,1-2H3. The monoisotopic (exact) mass is 382 g/mol. The Labute approximate surface area is 160 Å². The van der Waals surface area contributed by atoms with Gasteiger partial charge in [-0.15, -0.1) is 0 Å². The van der Waals surface area contributed by atoms with Crippen molar-refractivity contribution in [3.63, 3.8) is 0 Å². The summed E-state index contributed by atoms with van der Waals surface area (Å²) in [6.45, 7) is 0.572. The van der Waals surface area contributed by atoms with Crippen LogP contribution in [0.2, 0.25) is 0 Å². The second kappa shape index (κ2) is 7.32. The predicted molar refractivity (Wildman–Crippen MR) is 104 cm³/mol. The van der Waals surface area contributed by atoms with E-state index in [-0.39, 0.29) is 12.3 Å². The number of rotatable bonds is 5. The molecule has 2 aromatic carbocycles. The minimum Gasteiger partial charge on any atom is -0.493 e. The third kappa shape index (κ3) is 3.48. The van der Waals surface area contributed by atoms with Gasteiger partial charge in [-0.1, -0.05) is 6.07 Å². The maximum absolute atomic E-state index is 12.6. The Bertz CT molecular complexity index is 1030. The topological polar surface area (TPSA) is 76.9 Å². The van der Waals surface area contributed by atoms with Gasteiger partial charge in [0.2, 0.25) is 5.91 Å². The molecular formula is C19H18N4O3S. The van der Waals surface area contributed by atoms with Crippen molar-refractivity contribution in [3.05, 3.63) is 47.5 Å². The summed E-state index contributed by atoms with van der Waals surface area (Å²) in [5.41, 5.74) is 4.38. The summed E-state index contributed by atoms with van der Waals surface area (Å²) in [4.78, 5) is 12.6. The Morgan fingerprint density at radius 1 is 1.07 bits per heavy atom. The molecule has 0 saturated heterocycles. The predicted octanol–water partition coefficient (Wildman–Crippen LogP) is 2.89. The molecule has 27 heavy (non-hydrogen) atoms. The Morgan fingerprint density at radius 3 is 2.70 bits per heavy atom. The van der Waals surface area contributed by atoms with Gasteiger partial charge < -0.3 is 9.47 Å². The van der Waals surface area contributed by atoms with Crippen LogP contribution < -0.4 is 9.47 Å². The molecule has 1 aliphatic heterocycles. The molecule has 0 unspecified atom stereocenters. The first kappa shape index (κ1) is 17.4. The van der Waals surface area contributed by atoms with Gasteiger partial charge in [-0.2, -0.15) is 13.8 Å². The molecule has 4 rings (SSSR count). The maximum Gasteiger partial charge on any atom is 0.247 e. The maximum atomic E-state index is 12.6. The van der Waals surface area contributed by atoms with E-state index in [0.717, 1.165) is 27.9 Å². The number of carbonyl (C=O) groups excluding carboxylic acids is 1. The third-order valence-electron chi connectivity index (χ3n) is 4.48. The smallest absolute Gasteiger partial charge is 0.247 e. The molecule has 3 aromatic rings. The lowest BCUT2D eigenvalue weighted by Gasteiger charge is -2.11. The van der Waals surface area contributed by atoms with E-state index in [4.69, 9.17) is 9.47 Å². The first-order valence-electron chi connectivity index (χ1n) is 8.49. The van der Waals surface area contributed by atoms with Crippen molar-refractivity contribution in [1.82, 2.24) is 13.8 Å². The number of ether oxygens (including phenoxy) is 2. The van der Waals surface area contributed by atoms with Crippen LogP contribution in [0.3, 0.4) is 0 Å². The number of amides is 1. The van der Waals surface area contributed by atoms with Gasteiger partial charge in [-0.25, -0.2) is 5.01 Å². The van der Waals surface area contributed by atoms with Gasteiger partial charge in [0.1, 0.15) is 11.0 Å². The molecule has 1 aromatic heterocycles. The van der Waals surface area contributed by atoms with Gasteiger partial charge in [0.15, 0.2) is 11.5 Å². The number of hydrazone groups is 1. The second-order valence-corrected chi connectivity index (χ2v) is 6.68. The number of carbonyl (C=O) groups is 1. The largest absolute Gasteiger partial charge is 0.493 e. The highest BCUT2D eigenvalue weighted by atomic mass is 32.1. The van der Waals surface area contributed by atoms with Crippen molar-refractivity contribution in [2.75, 3.05) is 20.8 Å². The lowest BCUT2D eigenvalue weighted by molar-refractivity contribution is -0.130. The Hall–Kier alpha value is -3.00. The quantitative estimate of drug-likeness (QED) is 0.678. The number of benzene rings is 2. The summed E-state index contributed by atoms with van der Waals surface area (Å²) in [5, 5.41) is 6.05. The van der Waals surface area contributed by atoms with Gasteiger partial charge in [0.05, 0.1) is 44.6 Å². The number of hydrogen-bond acceptors (Lipinski definition) is 7. The van der Waals surface area contributed by atoms with E-state index in [1.807, 2.05) is 36.4 Å². The van der Waals surface area contributed by atoms with Gasteiger partial charge in [-0.3, -0.25) is 4.79 Å². The van der Waals surface area contributed by atoms with Crippen LogP contribution >= 0.6 is 11.7 Å². The highest BCUT2D eigenvalue weighted by Crippen LogP contribution is 2.29. The van der Waals surface area contributed by atoms with Crippen LogP contribution in [0.5, 0.6) is 11.5 Å². The molecule has 0 radical (unpaired) electrons. The summed E-state index contributed by atoms with van der Waals surface area (Å²) in [6.07, 6.45) is 0.993. The first-order chi connectivity index (χ1) is 13.2. The van der Waals surface area contributed by atoms with E-state index in [1.54, 1.807) is 14.2 Å². The van der Waals surface area contributed by atoms with Gasteiger partial charge in [0, 0.05) is 12.0 Å². The second-order valence-electron chi connectivity index (χ2n) is 6.15. The van der Waals surface area contributed by atoms with Crippen molar-refractivity contribution in [2.24, 2.45) is 5.10 Å². The molecule has 0 atom stereocenters. The van der Waals surface area contributed by atoms with Gasteiger partial charge >= 0.3 is 0 Å². The molecule has 1 aliphatic rings. The molecule has 0 N–H and O–H groups in total. The Balaban J connectivity index is 1.50. The average molecular weight is 382 g/mol. The number of methoxy groups -OCH3 is 2. The van der Waals surface area contributed by atoms with Crippen LogP contribution in [-0.2, 0) is 11.2 Å². The highest BCUT2D eigenvalue weighted by Gasteiger charge is 2.22.